The van der Waals surface area contributed by atoms with Crippen molar-refractivity contribution in [3.63, 3.8) is 0 Å². The van der Waals surface area contributed by atoms with Gasteiger partial charge in [-0.05, 0) is 26.0 Å². The van der Waals surface area contributed by atoms with Gasteiger partial charge in [-0.3, -0.25) is 0 Å². The lowest BCUT2D eigenvalue weighted by molar-refractivity contribution is -0.715. The van der Waals surface area contributed by atoms with Gasteiger partial charge in [0.05, 0.1) is 6.04 Å². The summed E-state index contributed by atoms with van der Waals surface area (Å²) in [6.07, 6.45) is 6.28. The summed E-state index contributed by atoms with van der Waals surface area (Å²) in [6, 6.07) is 10.9. The number of imidazole rings is 1. The van der Waals surface area contributed by atoms with Gasteiger partial charge in [0.25, 0.3) is 0 Å². The second-order valence-electron chi connectivity index (χ2n) is 4.19. The standard InChI is InChI=1S/C12H15N2.BF4/c1-11(2)13-8-9-14(10-13)12-6-4-3-5-7-12;2-1(3,4)5/h3-11H,1-2H3;/q+1;-1. The molecule has 1 aromatic heterocycles. The number of halogens is 4. The number of hydrogen-bond acceptors (Lipinski definition) is 0. The van der Waals surface area contributed by atoms with Gasteiger partial charge in [0, 0.05) is 0 Å². The minimum absolute atomic E-state index is 0.514. The van der Waals surface area contributed by atoms with Crippen LogP contribution in [-0.2, 0) is 0 Å². The Morgan fingerprint density at radius 2 is 1.58 bits per heavy atom. The maximum atomic E-state index is 9.75. The Balaban J connectivity index is 0.000000312. The van der Waals surface area contributed by atoms with E-state index in [1.165, 1.54) is 5.69 Å². The van der Waals surface area contributed by atoms with Crippen molar-refractivity contribution in [1.82, 2.24) is 4.57 Å². The highest BCUT2D eigenvalue weighted by Gasteiger charge is 2.20. The average Bonchev–Trinajstić information content (AvgIpc) is 2.77. The third-order valence-corrected chi connectivity index (χ3v) is 2.31. The van der Waals surface area contributed by atoms with Gasteiger partial charge in [-0.1, -0.05) is 18.2 Å². The molecule has 2 aromatic rings. The number of benzene rings is 1. The van der Waals surface area contributed by atoms with Gasteiger partial charge in [0.15, 0.2) is 0 Å². The van der Waals surface area contributed by atoms with Gasteiger partial charge in [0.1, 0.15) is 18.1 Å². The molecule has 0 radical (unpaired) electrons. The molecule has 0 atom stereocenters. The molecule has 19 heavy (non-hydrogen) atoms. The number of hydrogen-bond donors (Lipinski definition) is 0. The van der Waals surface area contributed by atoms with Crippen molar-refractivity contribution in [3.05, 3.63) is 49.1 Å². The number of rotatable bonds is 2. The smallest absolute Gasteiger partial charge is 0.418 e. The third kappa shape index (κ3) is 6.08. The molecule has 0 aliphatic carbocycles. The van der Waals surface area contributed by atoms with E-state index in [1.807, 2.05) is 6.07 Å². The molecular formula is C12H15BF4N2. The Bertz CT molecular complexity index is 488. The highest BCUT2D eigenvalue weighted by Crippen LogP contribution is 2.06. The monoisotopic (exact) mass is 274 g/mol. The van der Waals surface area contributed by atoms with Crippen LogP contribution >= 0.6 is 0 Å². The molecule has 0 unspecified atom stereocenters. The first-order chi connectivity index (χ1) is 8.77. The zero-order chi connectivity index (χ0) is 14.5. The predicted molar refractivity (Wildman–Crippen MR) is 66.5 cm³/mol. The first kappa shape index (κ1) is 15.3. The molecule has 0 amide bonds. The van der Waals surface area contributed by atoms with Crippen molar-refractivity contribution in [1.29, 1.82) is 0 Å². The molecular weight excluding hydrogens is 259 g/mol. The molecule has 0 fully saturated rings. The lowest BCUT2D eigenvalue weighted by Crippen LogP contribution is -2.33. The van der Waals surface area contributed by atoms with Crippen LogP contribution in [0.3, 0.4) is 0 Å². The van der Waals surface area contributed by atoms with E-state index >= 15 is 0 Å². The van der Waals surface area contributed by atoms with Crippen LogP contribution in [0.1, 0.15) is 19.9 Å². The van der Waals surface area contributed by atoms with Crippen molar-refractivity contribution in [2.24, 2.45) is 0 Å². The van der Waals surface area contributed by atoms with Crippen LogP contribution in [0.5, 0.6) is 0 Å². The fourth-order valence-corrected chi connectivity index (χ4v) is 1.43. The van der Waals surface area contributed by atoms with Crippen LogP contribution in [0, 0.1) is 0 Å². The summed E-state index contributed by atoms with van der Waals surface area (Å²) in [5.41, 5.74) is 1.20. The molecule has 0 aliphatic rings. The topological polar surface area (TPSA) is 8.81 Å². The highest BCUT2D eigenvalue weighted by atomic mass is 19.5. The minimum Gasteiger partial charge on any atom is -0.418 e. The summed E-state index contributed by atoms with van der Waals surface area (Å²) < 4.78 is 43.3. The molecule has 0 aliphatic heterocycles. The third-order valence-electron chi connectivity index (χ3n) is 2.31. The zero-order valence-corrected chi connectivity index (χ0v) is 10.7. The van der Waals surface area contributed by atoms with Gasteiger partial charge >= 0.3 is 7.25 Å². The molecule has 2 rings (SSSR count). The minimum atomic E-state index is -6.00. The average molecular weight is 274 g/mol. The zero-order valence-electron chi connectivity index (χ0n) is 10.7. The van der Waals surface area contributed by atoms with Gasteiger partial charge in [0.2, 0.25) is 6.33 Å². The fourth-order valence-electron chi connectivity index (χ4n) is 1.43. The Labute approximate surface area is 109 Å². The summed E-state index contributed by atoms with van der Waals surface area (Å²) in [7, 11) is -6.00. The van der Waals surface area contributed by atoms with Crippen LogP contribution < -0.4 is 4.57 Å². The van der Waals surface area contributed by atoms with Crippen LogP contribution in [0.4, 0.5) is 17.3 Å². The highest BCUT2D eigenvalue weighted by molar-refractivity contribution is 6.50. The molecule has 0 spiro atoms. The molecule has 2 nitrogen and oxygen atoms in total. The van der Waals surface area contributed by atoms with E-state index in [-0.39, 0.29) is 0 Å². The SMILES string of the molecule is CC(C)[n+]1ccn(-c2ccccc2)c1.F[B-](F)(F)F. The second-order valence-corrected chi connectivity index (χ2v) is 4.19. The molecule has 0 bridgehead atoms. The number of nitrogens with zero attached hydrogens (tertiary/aromatic N) is 2. The van der Waals surface area contributed by atoms with E-state index in [0.29, 0.717) is 6.04 Å². The summed E-state index contributed by atoms with van der Waals surface area (Å²) >= 11 is 0. The van der Waals surface area contributed by atoms with Crippen molar-refractivity contribution in [2.75, 3.05) is 0 Å². The lowest BCUT2D eigenvalue weighted by atomic mass is 10.3. The molecule has 0 saturated carbocycles. The summed E-state index contributed by atoms with van der Waals surface area (Å²) in [4.78, 5) is 0. The lowest BCUT2D eigenvalue weighted by Gasteiger charge is -1.97. The van der Waals surface area contributed by atoms with Gasteiger partial charge in [-0.15, -0.1) is 0 Å². The van der Waals surface area contributed by atoms with Gasteiger partial charge in [-0.2, -0.15) is 0 Å². The summed E-state index contributed by atoms with van der Waals surface area (Å²) in [5.74, 6) is 0. The van der Waals surface area contributed by atoms with Crippen LogP contribution in [0.25, 0.3) is 5.69 Å². The molecule has 1 heterocycles. The van der Waals surface area contributed by atoms with E-state index in [9.17, 15) is 17.3 Å². The second kappa shape index (κ2) is 6.40. The molecule has 7 heteroatoms. The fraction of sp³-hybridized carbons (Fsp3) is 0.250. The van der Waals surface area contributed by atoms with E-state index in [2.05, 4.69) is 66.0 Å². The quantitative estimate of drug-likeness (QED) is 0.449. The molecule has 0 saturated heterocycles. The van der Waals surface area contributed by atoms with Crippen molar-refractivity contribution in [2.45, 2.75) is 19.9 Å². The maximum Gasteiger partial charge on any atom is 0.673 e. The molecule has 1 aromatic carbocycles. The van der Waals surface area contributed by atoms with E-state index in [0.717, 1.165) is 0 Å². The van der Waals surface area contributed by atoms with Crippen molar-refractivity contribution >= 4 is 7.25 Å². The largest absolute Gasteiger partial charge is 0.673 e. The molecule has 0 N–H and O–H groups in total. The first-order valence-corrected chi connectivity index (χ1v) is 5.79. The Morgan fingerprint density at radius 3 is 2.00 bits per heavy atom. The summed E-state index contributed by atoms with van der Waals surface area (Å²) in [5, 5.41) is 0. The number of aromatic nitrogens is 2. The van der Waals surface area contributed by atoms with E-state index in [4.69, 9.17) is 0 Å². The summed E-state index contributed by atoms with van der Waals surface area (Å²) in [6.45, 7) is 4.35. The van der Waals surface area contributed by atoms with Crippen LogP contribution in [0.15, 0.2) is 49.1 Å². The van der Waals surface area contributed by atoms with E-state index in [1.54, 1.807) is 0 Å². The maximum absolute atomic E-state index is 9.75. The van der Waals surface area contributed by atoms with Gasteiger partial charge < -0.3 is 17.3 Å². The normalized spacial score (nSPS) is 11.1. The van der Waals surface area contributed by atoms with Gasteiger partial charge in [-0.25, -0.2) is 9.13 Å². The Hall–Kier alpha value is -1.79. The van der Waals surface area contributed by atoms with Crippen molar-refractivity contribution in [3.8, 4) is 5.69 Å². The van der Waals surface area contributed by atoms with Crippen molar-refractivity contribution < 1.29 is 21.8 Å². The van der Waals surface area contributed by atoms with Crippen LogP contribution in [-0.4, -0.2) is 11.8 Å². The van der Waals surface area contributed by atoms with Crippen LogP contribution in [0.2, 0.25) is 0 Å². The predicted octanol–water partition coefficient (Wildman–Crippen LogP) is 3.65. The first-order valence-electron chi connectivity index (χ1n) is 5.79. The molecule has 104 valence electrons. The Kier molecular flexibility index (Phi) is 5.15. The Morgan fingerprint density at radius 1 is 1.05 bits per heavy atom. The number of para-hydroxylation sites is 1. The van der Waals surface area contributed by atoms with E-state index < -0.39 is 7.25 Å².